The SMILES string of the molecule is CCCNC(=O)CCNC(=O)C(CCC)(CCC)C(N)=S. The molecule has 0 radical (unpaired) electrons. The molecule has 0 atom stereocenters. The van der Waals surface area contributed by atoms with Crippen molar-refractivity contribution >= 4 is 29.0 Å². The molecule has 6 heteroatoms. The molecule has 0 heterocycles. The molecule has 0 aromatic carbocycles. The summed E-state index contributed by atoms with van der Waals surface area (Å²) < 4.78 is 0. The minimum Gasteiger partial charge on any atom is -0.392 e. The lowest BCUT2D eigenvalue weighted by Crippen LogP contribution is -2.49. The lowest BCUT2D eigenvalue weighted by atomic mass is 9.78. The van der Waals surface area contributed by atoms with Crippen LogP contribution in [0, 0.1) is 5.41 Å². The zero-order valence-corrected chi connectivity index (χ0v) is 14.3. The van der Waals surface area contributed by atoms with Crippen LogP contribution in [0.15, 0.2) is 0 Å². The average Bonchev–Trinajstić information content (AvgIpc) is 2.44. The smallest absolute Gasteiger partial charge is 0.233 e. The molecule has 0 saturated carbocycles. The van der Waals surface area contributed by atoms with Gasteiger partial charge in [-0.3, -0.25) is 9.59 Å². The number of nitrogens with two attached hydrogens (primary N) is 1. The second kappa shape index (κ2) is 10.5. The van der Waals surface area contributed by atoms with Gasteiger partial charge in [-0.25, -0.2) is 0 Å². The fourth-order valence-corrected chi connectivity index (χ4v) is 2.67. The Morgan fingerprint density at radius 1 is 1.00 bits per heavy atom. The van der Waals surface area contributed by atoms with Crippen LogP contribution in [0.1, 0.15) is 59.3 Å². The largest absolute Gasteiger partial charge is 0.392 e. The Hall–Kier alpha value is -1.17. The summed E-state index contributed by atoms with van der Waals surface area (Å²) in [7, 11) is 0. The van der Waals surface area contributed by atoms with Gasteiger partial charge in [-0.2, -0.15) is 0 Å². The van der Waals surface area contributed by atoms with E-state index in [-0.39, 0.29) is 23.2 Å². The quantitative estimate of drug-likeness (QED) is 0.508. The molecular formula is C15H29N3O2S. The molecule has 5 nitrogen and oxygen atoms in total. The van der Waals surface area contributed by atoms with E-state index in [1.807, 2.05) is 20.8 Å². The van der Waals surface area contributed by atoms with Crippen LogP contribution in [-0.2, 0) is 9.59 Å². The lowest BCUT2D eigenvalue weighted by molar-refractivity contribution is -0.128. The Labute approximate surface area is 133 Å². The predicted molar refractivity (Wildman–Crippen MR) is 90.0 cm³/mol. The van der Waals surface area contributed by atoms with Crippen LogP contribution in [0.4, 0.5) is 0 Å². The zero-order chi connectivity index (χ0) is 16.3. The molecule has 0 saturated heterocycles. The molecule has 2 amide bonds. The van der Waals surface area contributed by atoms with Gasteiger partial charge in [0.1, 0.15) is 0 Å². The summed E-state index contributed by atoms with van der Waals surface area (Å²) in [5.74, 6) is -0.203. The van der Waals surface area contributed by atoms with Crippen LogP contribution in [0.3, 0.4) is 0 Å². The average molecular weight is 315 g/mol. The Morgan fingerprint density at radius 3 is 2.00 bits per heavy atom. The number of rotatable bonds is 11. The Morgan fingerprint density at radius 2 is 1.57 bits per heavy atom. The predicted octanol–water partition coefficient (Wildman–Crippen LogP) is 1.89. The van der Waals surface area contributed by atoms with Crippen molar-refractivity contribution in [3.05, 3.63) is 0 Å². The molecule has 122 valence electrons. The van der Waals surface area contributed by atoms with Crippen molar-refractivity contribution in [3.63, 3.8) is 0 Å². The minimum absolute atomic E-state index is 0.0518. The highest BCUT2D eigenvalue weighted by atomic mass is 32.1. The van der Waals surface area contributed by atoms with E-state index in [2.05, 4.69) is 10.6 Å². The first-order valence-corrected chi connectivity index (χ1v) is 8.20. The number of nitrogens with one attached hydrogen (secondary N) is 2. The van der Waals surface area contributed by atoms with Crippen molar-refractivity contribution in [2.24, 2.45) is 11.1 Å². The first kappa shape index (κ1) is 19.8. The zero-order valence-electron chi connectivity index (χ0n) is 13.5. The summed E-state index contributed by atoms with van der Waals surface area (Å²) >= 11 is 5.13. The normalized spacial score (nSPS) is 11.0. The fourth-order valence-electron chi connectivity index (χ4n) is 2.38. The van der Waals surface area contributed by atoms with Gasteiger partial charge in [0.15, 0.2) is 0 Å². The molecule has 21 heavy (non-hydrogen) atoms. The molecule has 0 spiro atoms. The Balaban J connectivity index is 4.54. The van der Waals surface area contributed by atoms with Gasteiger partial charge < -0.3 is 16.4 Å². The highest BCUT2D eigenvalue weighted by molar-refractivity contribution is 7.80. The van der Waals surface area contributed by atoms with Gasteiger partial charge in [-0.15, -0.1) is 0 Å². The Kier molecular flexibility index (Phi) is 9.95. The van der Waals surface area contributed by atoms with Crippen molar-refractivity contribution in [2.75, 3.05) is 13.1 Å². The van der Waals surface area contributed by atoms with Crippen molar-refractivity contribution in [1.29, 1.82) is 0 Å². The lowest BCUT2D eigenvalue weighted by Gasteiger charge is -2.31. The third-order valence-corrected chi connectivity index (χ3v) is 3.86. The second-order valence-corrected chi connectivity index (χ2v) is 5.74. The van der Waals surface area contributed by atoms with E-state index in [0.29, 0.717) is 25.9 Å². The summed E-state index contributed by atoms with van der Waals surface area (Å²) in [6, 6.07) is 0. The third kappa shape index (κ3) is 6.42. The summed E-state index contributed by atoms with van der Waals surface area (Å²) in [6.45, 7) is 6.98. The maximum atomic E-state index is 12.5. The monoisotopic (exact) mass is 315 g/mol. The van der Waals surface area contributed by atoms with Crippen LogP contribution < -0.4 is 16.4 Å². The number of thiocarbonyl (C=S) groups is 1. The van der Waals surface area contributed by atoms with Crippen LogP contribution >= 0.6 is 12.2 Å². The van der Waals surface area contributed by atoms with Gasteiger partial charge in [0.25, 0.3) is 0 Å². The van der Waals surface area contributed by atoms with Crippen molar-refractivity contribution in [3.8, 4) is 0 Å². The molecule has 0 rings (SSSR count). The van der Waals surface area contributed by atoms with E-state index < -0.39 is 5.41 Å². The van der Waals surface area contributed by atoms with E-state index in [9.17, 15) is 9.59 Å². The van der Waals surface area contributed by atoms with Crippen molar-refractivity contribution < 1.29 is 9.59 Å². The van der Waals surface area contributed by atoms with E-state index in [0.717, 1.165) is 19.3 Å². The van der Waals surface area contributed by atoms with E-state index >= 15 is 0 Å². The van der Waals surface area contributed by atoms with Gasteiger partial charge in [-0.1, -0.05) is 45.8 Å². The van der Waals surface area contributed by atoms with Crippen molar-refractivity contribution in [1.82, 2.24) is 10.6 Å². The number of carbonyl (C=O) groups is 2. The van der Waals surface area contributed by atoms with E-state index in [4.69, 9.17) is 18.0 Å². The number of amides is 2. The van der Waals surface area contributed by atoms with Crippen LogP contribution in [0.2, 0.25) is 0 Å². The molecule has 0 fully saturated rings. The molecule has 0 aliphatic rings. The van der Waals surface area contributed by atoms with Crippen LogP contribution in [-0.4, -0.2) is 29.9 Å². The van der Waals surface area contributed by atoms with E-state index in [1.165, 1.54) is 0 Å². The van der Waals surface area contributed by atoms with Crippen LogP contribution in [0.25, 0.3) is 0 Å². The van der Waals surface area contributed by atoms with Crippen molar-refractivity contribution in [2.45, 2.75) is 59.3 Å². The molecule has 0 aliphatic carbocycles. The van der Waals surface area contributed by atoms with Gasteiger partial charge in [-0.05, 0) is 19.3 Å². The summed E-state index contributed by atoms with van der Waals surface area (Å²) in [5.41, 5.74) is 5.05. The van der Waals surface area contributed by atoms with Gasteiger partial charge in [0.05, 0.1) is 10.4 Å². The molecule has 4 N–H and O–H groups in total. The fraction of sp³-hybridized carbons (Fsp3) is 0.800. The molecule has 0 bridgehead atoms. The third-order valence-electron chi connectivity index (χ3n) is 3.47. The summed E-state index contributed by atoms with van der Waals surface area (Å²) in [4.78, 5) is 24.2. The number of carbonyl (C=O) groups excluding carboxylic acids is 2. The van der Waals surface area contributed by atoms with Crippen LogP contribution in [0.5, 0.6) is 0 Å². The number of hydrogen-bond donors (Lipinski definition) is 3. The minimum atomic E-state index is -0.779. The van der Waals surface area contributed by atoms with Gasteiger partial charge >= 0.3 is 0 Å². The standard InChI is InChI=1S/C15H29N3O2S/c1-4-8-15(9-5-2,13(16)21)14(20)18-11-7-12(19)17-10-6-3/h4-11H2,1-3H3,(H2,16,21)(H,17,19)(H,18,20). The Bertz CT molecular complexity index is 353. The summed E-state index contributed by atoms with van der Waals surface area (Å²) in [5, 5.41) is 5.59. The molecule has 0 aromatic heterocycles. The first-order valence-electron chi connectivity index (χ1n) is 7.79. The second-order valence-electron chi connectivity index (χ2n) is 5.30. The molecule has 0 aliphatic heterocycles. The van der Waals surface area contributed by atoms with Gasteiger partial charge in [0, 0.05) is 19.5 Å². The highest BCUT2D eigenvalue weighted by Gasteiger charge is 2.39. The topological polar surface area (TPSA) is 84.2 Å². The maximum absolute atomic E-state index is 12.5. The molecule has 0 unspecified atom stereocenters. The highest BCUT2D eigenvalue weighted by Crippen LogP contribution is 2.30. The summed E-state index contributed by atoms with van der Waals surface area (Å²) in [6.07, 6.45) is 4.13. The number of hydrogen-bond acceptors (Lipinski definition) is 3. The maximum Gasteiger partial charge on any atom is 0.233 e. The first-order chi connectivity index (χ1) is 9.94. The van der Waals surface area contributed by atoms with Gasteiger partial charge in [0.2, 0.25) is 11.8 Å². The molecular weight excluding hydrogens is 286 g/mol. The molecule has 0 aromatic rings. The van der Waals surface area contributed by atoms with E-state index in [1.54, 1.807) is 0 Å².